The average Bonchev–Trinajstić information content (AvgIpc) is 3.27. The van der Waals surface area contributed by atoms with Crippen LogP contribution in [0.25, 0.3) is 0 Å². The Morgan fingerprint density at radius 2 is 1.82 bits per heavy atom. The van der Waals surface area contributed by atoms with Crippen molar-refractivity contribution in [1.29, 1.82) is 4.78 Å². The third-order valence-electron chi connectivity index (χ3n) is 7.61. The monoisotopic (exact) mass is 541 g/mol. The first-order valence-corrected chi connectivity index (χ1v) is 15.4. The van der Waals surface area contributed by atoms with Crippen LogP contribution in [0.3, 0.4) is 0 Å². The third kappa shape index (κ3) is 5.80. The first kappa shape index (κ1) is 26.5. The molecule has 1 aromatic carbocycles. The molecule has 0 saturated carbocycles. The second kappa shape index (κ2) is 11.3. The Balaban J connectivity index is 1.37. The van der Waals surface area contributed by atoms with E-state index < -0.39 is 9.92 Å². The number of hydrogen-bond donors (Lipinski definition) is 3. The van der Waals surface area contributed by atoms with Crippen molar-refractivity contribution in [2.45, 2.75) is 58.0 Å². The summed E-state index contributed by atoms with van der Waals surface area (Å²) in [4.78, 5) is 30.9. The zero-order valence-corrected chi connectivity index (χ0v) is 23.0. The van der Waals surface area contributed by atoms with E-state index in [-0.39, 0.29) is 23.6 Å². The minimum absolute atomic E-state index is 0.0457. The van der Waals surface area contributed by atoms with Crippen LogP contribution in [0.5, 0.6) is 0 Å². The fourth-order valence-corrected chi connectivity index (χ4v) is 6.80. The van der Waals surface area contributed by atoms with Crippen LogP contribution in [0.2, 0.25) is 0 Å². The number of nitrogen functional groups attached to an aromatic ring is 1. The van der Waals surface area contributed by atoms with Gasteiger partial charge in [-0.15, -0.1) is 0 Å². The average molecular weight is 542 g/mol. The van der Waals surface area contributed by atoms with E-state index in [1.54, 1.807) is 4.90 Å². The molecule has 5 rings (SSSR count). The predicted molar refractivity (Wildman–Crippen MR) is 151 cm³/mol. The van der Waals surface area contributed by atoms with Gasteiger partial charge in [0.1, 0.15) is 22.3 Å². The van der Waals surface area contributed by atoms with Gasteiger partial charge >= 0.3 is 6.03 Å². The molecule has 38 heavy (non-hydrogen) atoms. The summed E-state index contributed by atoms with van der Waals surface area (Å²) in [7, 11) is -3.10. The van der Waals surface area contributed by atoms with Gasteiger partial charge in [-0.25, -0.2) is 13.8 Å². The van der Waals surface area contributed by atoms with Crippen molar-refractivity contribution in [2.24, 2.45) is 0 Å². The van der Waals surface area contributed by atoms with Gasteiger partial charge in [0.15, 0.2) is 11.6 Å². The number of urea groups is 1. The molecule has 0 spiro atoms. The second-order valence-corrected chi connectivity index (χ2v) is 12.4. The lowest BCUT2D eigenvalue weighted by Crippen LogP contribution is -2.52. The number of nitrogens with two attached hydrogens (primary N) is 1. The summed E-state index contributed by atoms with van der Waals surface area (Å²) in [5.74, 6) is 0.867. The number of amides is 2. The minimum Gasteiger partial charge on any atom is -0.382 e. The number of hydrogen-bond acceptors (Lipinski definition) is 8. The molecule has 4 heterocycles. The number of nitrogens with one attached hydrogen (secondary N) is 2. The van der Waals surface area contributed by atoms with Crippen molar-refractivity contribution in [1.82, 2.24) is 19.8 Å². The number of likely N-dealkylation sites (tertiary alicyclic amines) is 2. The third-order valence-corrected chi connectivity index (χ3v) is 9.11. The zero-order valence-electron chi connectivity index (χ0n) is 22.1. The van der Waals surface area contributed by atoms with Crippen molar-refractivity contribution >= 4 is 39.2 Å². The van der Waals surface area contributed by atoms with Crippen LogP contribution < -0.4 is 20.3 Å². The topological polar surface area (TPSA) is 135 Å². The Labute approximate surface area is 225 Å². The van der Waals surface area contributed by atoms with Crippen LogP contribution >= 0.6 is 0 Å². The number of benzene rings is 1. The summed E-state index contributed by atoms with van der Waals surface area (Å²) in [5.41, 5.74) is 7.95. The molecule has 4 N–H and O–H groups in total. The maximum atomic E-state index is 13.8. The highest BCUT2D eigenvalue weighted by atomic mass is 32.2. The maximum Gasteiger partial charge on any atom is 0.326 e. The molecule has 0 bridgehead atoms. The van der Waals surface area contributed by atoms with Crippen LogP contribution in [0.1, 0.15) is 51.0 Å². The van der Waals surface area contributed by atoms with Gasteiger partial charge in [-0.2, -0.15) is 9.97 Å². The van der Waals surface area contributed by atoms with Crippen LogP contribution in [-0.2, 0) is 16.5 Å². The fraction of sp³-hybridized carbons (Fsp3) is 0.577. The van der Waals surface area contributed by atoms with Gasteiger partial charge in [0.05, 0.1) is 5.75 Å². The number of carbonyl (C=O) groups is 1. The smallest absolute Gasteiger partial charge is 0.326 e. The second-order valence-electron chi connectivity index (χ2n) is 10.4. The molecule has 11 nitrogen and oxygen atoms in total. The molecule has 2 saturated heterocycles. The Kier molecular flexibility index (Phi) is 7.89. The lowest BCUT2D eigenvalue weighted by atomic mass is 10.00. The van der Waals surface area contributed by atoms with E-state index in [4.69, 9.17) is 10.5 Å². The van der Waals surface area contributed by atoms with Crippen molar-refractivity contribution in [3.8, 4) is 0 Å². The van der Waals surface area contributed by atoms with Crippen LogP contribution in [0, 0.1) is 4.78 Å². The highest BCUT2D eigenvalue weighted by Crippen LogP contribution is 2.41. The van der Waals surface area contributed by atoms with Crippen molar-refractivity contribution in [3.05, 3.63) is 35.9 Å². The maximum absolute atomic E-state index is 13.8. The van der Waals surface area contributed by atoms with E-state index in [1.807, 2.05) is 47.1 Å². The summed E-state index contributed by atoms with van der Waals surface area (Å²) in [6.45, 7) is 6.44. The molecule has 3 aliphatic rings. The first-order valence-electron chi connectivity index (χ1n) is 13.7. The molecular formula is C26H39N9O2S. The summed E-state index contributed by atoms with van der Waals surface area (Å²) < 4.78 is 23.4. The lowest BCUT2D eigenvalue weighted by molar-refractivity contribution is 0.103. The molecule has 2 aromatic rings. The number of carbonyl (C=O) groups excluding carboxylic acids is 1. The molecule has 0 aliphatic carbocycles. The Bertz CT molecular complexity index is 1230. The van der Waals surface area contributed by atoms with E-state index in [1.165, 1.54) is 32.4 Å². The van der Waals surface area contributed by atoms with Gasteiger partial charge in [-0.3, -0.25) is 9.62 Å². The zero-order chi connectivity index (χ0) is 26.7. The lowest BCUT2D eigenvalue weighted by Gasteiger charge is -2.41. The molecule has 0 radical (unpaired) electrons. The highest BCUT2D eigenvalue weighted by molar-refractivity contribution is 7.93. The predicted octanol–water partition coefficient (Wildman–Crippen LogP) is 3.70. The first-order chi connectivity index (χ1) is 18.3. The van der Waals surface area contributed by atoms with Gasteiger partial charge < -0.3 is 20.4 Å². The van der Waals surface area contributed by atoms with E-state index in [0.717, 1.165) is 18.4 Å². The SMILES string of the molecule is CCCS(=N)(=O)Nc1nc(N)c2c(n1)N(Cc1ccccc1)CN2C(=O)N1CCC(N2CCCCC2)CC1. The highest BCUT2D eigenvalue weighted by Gasteiger charge is 2.38. The summed E-state index contributed by atoms with van der Waals surface area (Å²) in [6.07, 6.45) is 6.40. The normalized spacial score (nSPS) is 20.3. The molecule has 3 aliphatic heterocycles. The minimum atomic E-state index is -3.10. The standard InChI is InChI=1S/C26H39N9O2S/c1-2-17-38(28,37)31-25-29-23(27)22-24(30-25)34(18-20-9-5-3-6-10-20)19-35(22)26(36)33-15-11-21(12-16-33)32-13-7-4-8-14-32/h3,5-6,9-10,21H,2,4,7-8,11-19H2,1H3,(H4,27,28,29,30,31,37). The summed E-state index contributed by atoms with van der Waals surface area (Å²) in [6, 6.07) is 10.4. The molecule has 2 fully saturated rings. The van der Waals surface area contributed by atoms with Crippen molar-refractivity contribution in [3.63, 3.8) is 0 Å². The molecule has 2 amide bonds. The Hall–Kier alpha value is -3.12. The number of fused-ring (bicyclic) bond motifs is 1. The number of aromatic nitrogens is 2. The molecule has 1 aromatic heterocycles. The van der Waals surface area contributed by atoms with Gasteiger partial charge in [0.2, 0.25) is 5.95 Å². The summed E-state index contributed by atoms with van der Waals surface area (Å²) >= 11 is 0. The van der Waals surface area contributed by atoms with E-state index in [0.29, 0.717) is 50.3 Å². The number of nitrogens with zero attached hydrogens (tertiary/aromatic N) is 6. The van der Waals surface area contributed by atoms with Gasteiger partial charge in [-0.05, 0) is 50.8 Å². The molecule has 1 unspecified atom stereocenters. The van der Waals surface area contributed by atoms with Gasteiger partial charge in [0.25, 0.3) is 0 Å². The number of anilines is 4. The number of piperidine rings is 2. The fourth-order valence-electron chi connectivity index (χ4n) is 5.74. The quantitative estimate of drug-likeness (QED) is 0.486. The van der Waals surface area contributed by atoms with Gasteiger partial charge in [-0.1, -0.05) is 43.7 Å². The largest absolute Gasteiger partial charge is 0.382 e. The molecule has 12 heteroatoms. The van der Waals surface area contributed by atoms with Crippen LogP contribution in [0.15, 0.2) is 30.3 Å². The van der Waals surface area contributed by atoms with Crippen molar-refractivity contribution in [2.75, 3.05) is 58.9 Å². The molecule has 1 atom stereocenters. The van der Waals surface area contributed by atoms with E-state index in [9.17, 15) is 9.00 Å². The van der Waals surface area contributed by atoms with E-state index in [2.05, 4.69) is 19.6 Å². The van der Waals surface area contributed by atoms with Crippen molar-refractivity contribution < 1.29 is 9.00 Å². The van der Waals surface area contributed by atoms with Gasteiger partial charge in [0, 0.05) is 25.7 Å². The summed E-state index contributed by atoms with van der Waals surface area (Å²) in [5, 5.41) is 0. The molecular weight excluding hydrogens is 502 g/mol. The number of rotatable bonds is 7. The van der Waals surface area contributed by atoms with Crippen LogP contribution in [-0.4, -0.2) is 74.7 Å². The Morgan fingerprint density at radius 3 is 2.50 bits per heavy atom. The van der Waals surface area contributed by atoms with E-state index >= 15 is 0 Å². The Morgan fingerprint density at radius 1 is 1.11 bits per heavy atom. The van der Waals surface area contributed by atoms with Crippen LogP contribution in [0.4, 0.5) is 28.1 Å². The molecule has 206 valence electrons.